The number of nitrogens with one attached hydrogen (secondary N) is 1. The number of fused-ring (bicyclic) bond motifs is 5. The SMILES string of the molecule is COc1cc2c3c4c(ccnc14)-c1ccccc1N3[C@@H](C)[C@]1(C)C(=O)NC(=O)C21. The second-order valence-electron chi connectivity index (χ2n) is 8.20. The lowest BCUT2D eigenvalue weighted by Crippen LogP contribution is -2.53. The van der Waals surface area contributed by atoms with Crippen molar-refractivity contribution in [3.8, 4) is 16.9 Å². The van der Waals surface area contributed by atoms with Gasteiger partial charge in [-0.2, -0.15) is 0 Å². The molecule has 2 aromatic carbocycles. The lowest BCUT2D eigenvalue weighted by molar-refractivity contribution is -0.128. The summed E-state index contributed by atoms with van der Waals surface area (Å²) in [5, 5.41) is 3.55. The number of amides is 2. The van der Waals surface area contributed by atoms with Gasteiger partial charge in [-0.05, 0) is 43.2 Å². The third-order valence-electron chi connectivity index (χ3n) is 7.05. The summed E-state index contributed by atoms with van der Waals surface area (Å²) in [4.78, 5) is 32.7. The van der Waals surface area contributed by atoms with Gasteiger partial charge in [-0.1, -0.05) is 18.2 Å². The average molecular weight is 385 g/mol. The van der Waals surface area contributed by atoms with Crippen molar-refractivity contribution in [3.05, 3.63) is 48.2 Å². The third-order valence-corrected chi connectivity index (χ3v) is 7.05. The van der Waals surface area contributed by atoms with Gasteiger partial charge in [0.2, 0.25) is 11.8 Å². The summed E-state index contributed by atoms with van der Waals surface area (Å²) in [6.07, 6.45) is 1.79. The molecule has 1 unspecified atom stereocenters. The van der Waals surface area contributed by atoms with Crippen molar-refractivity contribution in [1.82, 2.24) is 10.3 Å². The van der Waals surface area contributed by atoms with Crippen LogP contribution in [0.5, 0.6) is 5.75 Å². The second kappa shape index (κ2) is 5.14. The maximum absolute atomic E-state index is 13.0. The molecule has 6 rings (SSSR count). The van der Waals surface area contributed by atoms with Crippen molar-refractivity contribution in [2.24, 2.45) is 5.41 Å². The predicted octanol–water partition coefficient (Wildman–Crippen LogP) is 3.51. The largest absolute Gasteiger partial charge is 0.494 e. The Balaban J connectivity index is 1.85. The van der Waals surface area contributed by atoms with Gasteiger partial charge in [0, 0.05) is 28.9 Å². The van der Waals surface area contributed by atoms with Crippen molar-refractivity contribution in [3.63, 3.8) is 0 Å². The fraction of sp³-hybridized carbons (Fsp3) is 0.261. The number of benzene rings is 2. The van der Waals surface area contributed by atoms with E-state index in [1.807, 2.05) is 38.1 Å². The van der Waals surface area contributed by atoms with Gasteiger partial charge in [0.05, 0.1) is 24.1 Å². The standard InChI is InChI=1S/C23H19N3O3/c1-11-23(2)18(21(27)25-22(23)28)14-10-16(29-3)19-17-13(8-9-24-19)12-6-4-5-7-15(12)26(11)20(14)17/h4-11,18H,1-3H3,(H,25,27,28)/t11-,18?,23-/m0/s1. The highest BCUT2D eigenvalue weighted by Gasteiger charge is 2.61. The van der Waals surface area contributed by atoms with Gasteiger partial charge in [-0.25, -0.2) is 0 Å². The summed E-state index contributed by atoms with van der Waals surface area (Å²) in [6.45, 7) is 3.92. The van der Waals surface area contributed by atoms with Crippen molar-refractivity contribution in [2.45, 2.75) is 25.8 Å². The van der Waals surface area contributed by atoms with E-state index in [-0.39, 0.29) is 17.9 Å². The van der Waals surface area contributed by atoms with Crippen LogP contribution in [-0.2, 0) is 9.59 Å². The van der Waals surface area contributed by atoms with Gasteiger partial charge < -0.3 is 9.64 Å². The highest BCUT2D eigenvalue weighted by Crippen LogP contribution is 2.61. The van der Waals surface area contributed by atoms with Crippen LogP contribution in [0.15, 0.2) is 42.6 Å². The number of nitrogens with zero attached hydrogens (tertiary/aromatic N) is 2. The summed E-state index contributed by atoms with van der Waals surface area (Å²) < 4.78 is 5.67. The smallest absolute Gasteiger partial charge is 0.235 e. The van der Waals surface area contributed by atoms with Crippen LogP contribution in [0.4, 0.5) is 11.4 Å². The van der Waals surface area contributed by atoms with Crippen molar-refractivity contribution >= 4 is 34.1 Å². The van der Waals surface area contributed by atoms with E-state index in [2.05, 4.69) is 27.3 Å². The van der Waals surface area contributed by atoms with E-state index in [1.165, 1.54) is 0 Å². The molecule has 1 saturated heterocycles. The molecule has 2 amide bonds. The molecule has 6 heteroatoms. The van der Waals surface area contributed by atoms with Crippen LogP contribution >= 0.6 is 0 Å². The monoisotopic (exact) mass is 385 g/mol. The number of imide groups is 1. The summed E-state index contributed by atoms with van der Waals surface area (Å²) in [6, 6.07) is 11.9. The topological polar surface area (TPSA) is 71.5 Å². The summed E-state index contributed by atoms with van der Waals surface area (Å²) in [5.41, 5.74) is 4.87. The van der Waals surface area contributed by atoms with E-state index in [0.29, 0.717) is 5.75 Å². The van der Waals surface area contributed by atoms with E-state index in [9.17, 15) is 9.59 Å². The Hall–Kier alpha value is -3.41. The molecule has 29 heavy (non-hydrogen) atoms. The Bertz CT molecular complexity index is 1270. The maximum Gasteiger partial charge on any atom is 0.235 e. The van der Waals surface area contributed by atoms with E-state index < -0.39 is 11.3 Å². The molecule has 144 valence electrons. The molecule has 1 aromatic heterocycles. The Kier molecular flexibility index (Phi) is 2.93. The fourth-order valence-electron chi connectivity index (χ4n) is 5.49. The molecule has 3 aromatic rings. The van der Waals surface area contributed by atoms with Gasteiger partial charge in [-0.15, -0.1) is 0 Å². The van der Waals surface area contributed by atoms with Crippen LogP contribution in [0.25, 0.3) is 22.0 Å². The number of ether oxygens (including phenoxy) is 1. The number of methoxy groups -OCH3 is 1. The number of pyridine rings is 1. The average Bonchev–Trinajstić information content (AvgIpc) is 2.97. The van der Waals surface area contributed by atoms with Crippen LogP contribution in [0, 0.1) is 5.41 Å². The predicted molar refractivity (Wildman–Crippen MR) is 109 cm³/mol. The first kappa shape index (κ1) is 16.5. The van der Waals surface area contributed by atoms with Gasteiger partial charge in [-0.3, -0.25) is 19.9 Å². The Morgan fingerprint density at radius 2 is 1.97 bits per heavy atom. The first-order valence-corrected chi connectivity index (χ1v) is 9.72. The van der Waals surface area contributed by atoms with Crippen LogP contribution in [-0.4, -0.2) is 29.9 Å². The first-order valence-electron chi connectivity index (χ1n) is 9.72. The molecule has 3 aliphatic heterocycles. The van der Waals surface area contributed by atoms with Crippen molar-refractivity contribution in [1.29, 1.82) is 0 Å². The number of hydrogen-bond acceptors (Lipinski definition) is 5. The van der Waals surface area contributed by atoms with Crippen molar-refractivity contribution in [2.75, 3.05) is 12.0 Å². The zero-order valence-electron chi connectivity index (χ0n) is 16.3. The number of anilines is 2. The van der Waals surface area contributed by atoms with Crippen LogP contribution in [0.2, 0.25) is 0 Å². The summed E-state index contributed by atoms with van der Waals surface area (Å²) in [7, 11) is 1.61. The lowest BCUT2D eigenvalue weighted by atomic mass is 9.65. The van der Waals surface area contributed by atoms with Gasteiger partial charge >= 0.3 is 0 Å². The number of para-hydroxylation sites is 1. The molecule has 0 radical (unpaired) electrons. The molecular formula is C23H19N3O3. The fourth-order valence-corrected chi connectivity index (χ4v) is 5.49. The van der Waals surface area contributed by atoms with E-state index in [4.69, 9.17) is 4.74 Å². The molecule has 0 spiro atoms. The number of aromatic nitrogens is 1. The van der Waals surface area contributed by atoms with E-state index in [0.717, 1.165) is 39.0 Å². The van der Waals surface area contributed by atoms with Crippen LogP contribution < -0.4 is 15.0 Å². The summed E-state index contributed by atoms with van der Waals surface area (Å²) >= 11 is 0. The number of rotatable bonds is 1. The Morgan fingerprint density at radius 1 is 1.17 bits per heavy atom. The molecular weight excluding hydrogens is 366 g/mol. The molecule has 0 saturated carbocycles. The number of hydrogen-bond donors (Lipinski definition) is 1. The maximum atomic E-state index is 13.0. The molecule has 0 aliphatic carbocycles. The molecule has 6 nitrogen and oxygen atoms in total. The molecule has 0 bridgehead atoms. The first-order chi connectivity index (χ1) is 14.0. The third kappa shape index (κ3) is 1.71. The van der Waals surface area contributed by atoms with Gasteiger partial charge in [0.25, 0.3) is 0 Å². The van der Waals surface area contributed by atoms with Gasteiger partial charge in [0.1, 0.15) is 11.3 Å². The molecule has 4 heterocycles. The van der Waals surface area contributed by atoms with Crippen LogP contribution in [0.1, 0.15) is 25.3 Å². The second-order valence-corrected chi connectivity index (χ2v) is 8.20. The molecule has 3 atom stereocenters. The minimum atomic E-state index is -0.879. The number of carbonyl (C=O) groups excluding carboxylic acids is 2. The molecule has 1 fully saturated rings. The minimum Gasteiger partial charge on any atom is -0.494 e. The normalized spacial score (nSPS) is 26.2. The quantitative estimate of drug-likeness (QED) is 0.649. The minimum absolute atomic E-state index is 0.211. The zero-order valence-corrected chi connectivity index (χ0v) is 16.3. The van der Waals surface area contributed by atoms with E-state index >= 15 is 0 Å². The Morgan fingerprint density at radius 3 is 2.76 bits per heavy atom. The van der Waals surface area contributed by atoms with E-state index in [1.54, 1.807) is 13.3 Å². The van der Waals surface area contributed by atoms with Gasteiger partial charge in [0.15, 0.2) is 0 Å². The molecule has 1 N–H and O–H groups in total. The van der Waals surface area contributed by atoms with Crippen molar-refractivity contribution < 1.29 is 14.3 Å². The highest BCUT2D eigenvalue weighted by molar-refractivity contribution is 6.18. The lowest BCUT2D eigenvalue weighted by Gasteiger charge is -2.50. The van der Waals surface area contributed by atoms with Crippen LogP contribution in [0.3, 0.4) is 0 Å². The molecule has 3 aliphatic rings. The zero-order chi connectivity index (χ0) is 20.1. The highest BCUT2D eigenvalue weighted by atomic mass is 16.5. The Labute approximate surface area is 167 Å². The summed E-state index contributed by atoms with van der Waals surface area (Å²) in [5.74, 6) is -0.415. The number of carbonyl (C=O) groups is 2.